The van der Waals surface area contributed by atoms with Crippen LogP contribution < -0.4 is 0 Å². The van der Waals surface area contributed by atoms with Crippen LogP contribution in [0.2, 0.25) is 5.02 Å². The summed E-state index contributed by atoms with van der Waals surface area (Å²) in [5.41, 5.74) is 0.635. The molecule has 0 saturated carbocycles. The molecule has 1 aromatic rings. The van der Waals surface area contributed by atoms with E-state index in [4.69, 9.17) is 11.6 Å². The van der Waals surface area contributed by atoms with Gasteiger partial charge in [-0.1, -0.05) is 23.8 Å². The minimum absolute atomic E-state index is 0.0427. The van der Waals surface area contributed by atoms with Gasteiger partial charge in [-0.2, -0.15) is 0 Å². The zero-order valence-electron chi connectivity index (χ0n) is 8.06. The van der Waals surface area contributed by atoms with Crippen molar-refractivity contribution >= 4 is 17.5 Å². The molecule has 0 aromatic heterocycles. The van der Waals surface area contributed by atoms with Crippen molar-refractivity contribution in [3.63, 3.8) is 0 Å². The van der Waals surface area contributed by atoms with Gasteiger partial charge in [-0.15, -0.1) is 0 Å². The Morgan fingerprint density at radius 3 is 2.33 bits per heavy atom. The fraction of sp³-hybridized carbons (Fsp3) is 0.0833. The van der Waals surface area contributed by atoms with E-state index in [1.165, 1.54) is 0 Å². The molecule has 1 aromatic carbocycles. The normalized spacial score (nSPS) is 14.3. The first-order valence-corrected chi connectivity index (χ1v) is 5.07. The van der Waals surface area contributed by atoms with Crippen LogP contribution in [0.5, 0.6) is 0 Å². The molecule has 0 radical (unpaired) electrons. The lowest BCUT2D eigenvalue weighted by Crippen LogP contribution is -2.20. The summed E-state index contributed by atoms with van der Waals surface area (Å²) in [5.74, 6) is -0.0427. The molecule has 0 atom stereocenters. The maximum Gasteiger partial charge on any atom is 0.261 e. The van der Waals surface area contributed by atoms with Crippen LogP contribution in [0.1, 0.15) is 16.8 Å². The highest BCUT2D eigenvalue weighted by Gasteiger charge is 2.11. The molecule has 0 N–H and O–H groups in total. The minimum atomic E-state index is -0.0427. The minimum Gasteiger partial charge on any atom is -0.291 e. The quantitative estimate of drug-likeness (QED) is 0.710. The summed E-state index contributed by atoms with van der Waals surface area (Å²) in [5, 5.41) is 0.635. The summed E-state index contributed by atoms with van der Waals surface area (Å²) >= 11 is 5.75. The van der Waals surface area contributed by atoms with E-state index in [-0.39, 0.29) is 5.91 Å². The van der Waals surface area contributed by atoms with Gasteiger partial charge < -0.3 is 0 Å². The van der Waals surface area contributed by atoms with Gasteiger partial charge in [0.05, 0.1) is 0 Å². The van der Waals surface area contributed by atoms with Gasteiger partial charge in [0, 0.05) is 23.0 Å². The molecular formula is C12H10ClNO. The van der Waals surface area contributed by atoms with Crippen LogP contribution in [-0.2, 0) is 0 Å². The molecule has 1 heterocycles. The Bertz CT molecular complexity index is 408. The Balaban J connectivity index is 2.20. The standard InChI is InChI=1S/C12H10ClNO/c13-11-6-4-10(5-7-11)12(15)14-8-2-1-3-9-14/h2-9H,1H2. The van der Waals surface area contributed by atoms with E-state index in [1.807, 2.05) is 12.2 Å². The van der Waals surface area contributed by atoms with Gasteiger partial charge in [0.2, 0.25) is 0 Å². The molecule has 0 bridgehead atoms. The number of nitrogens with zero attached hydrogens (tertiary/aromatic N) is 1. The first kappa shape index (κ1) is 9.99. The van der Waals surface area contributed by atoms with Crippen molar-refractivity contribution in [2.24, 2.45) is 0 Å². The van der Waals surface area contributed by atoms with Crippen molar-refractivity contribution in [1.29, 1.82) is 0 Å². The van der Waals surface area contributed by atoms with E-state index >= 15 is 0 Å². The topological polar surface area (TPSA) is 20.3 Å². The first-order chi connectivity index (χ1) is 7.27. The number of hydrogen-bond acceptors (Lipinski definition) is 1. The van der Waals surface area contributed by atoms with Crippen LogP contribution in [0.25, 0.3) is 0 Å². The summed E-state index contributed by atoms with van der Waals surface area (Å²) in [6, 6.07) is 6.88. The second-order valence-electron chi connectivity index (χ2n) is 3.22. The molecule has 15 heavy (non-hydrogen) atoms. The molecule has 1 aliphatic heterocycles. The smallest absolute Gasteiger partial charge is 0.261 e. The van der Waals surface area contributed by atoms with Crippen LogP contribution >= 0.6 is 11.6 Å². The molecular weight excluding hydrogens is 210 g/mol. The van der Waals surface area contributed by atoms with Gasteiger partial charge in [0.1, 0.15) is 0 Å². The Kier molecular flexibility index (Phi) is 2.88. The van der Waals surface area contributed by atoms with E-state index in [0.29, 0.717) is 10.6 Å². The summed E-state index contributed by atoms with van der Waals surface area (Å²) in [7, 11) is 0. The van der Waals surface area contributed by atoms with Gasteiger partial charge >= 0.3 is 0 Å². The molecule has 0 aliphatic carbocycles. The largest absolute Gasteiger partial charge is 0.291 e. The molecule has 0 spiro atoms. The number of halogens is 1. The van der Waals surface area contributed by atoms with E-state index in [9.17, 15) is 4.79 Å². The summed E-state index contributed by atoms with van der Waals surface area (Å²) in [6.07, 6.45) is 8.31. The number of amides is 1. The van der Waals surface area contributed by atoms with Crippen molar-refractivity contribution < 1.29 is 4.79 Å². The van der Waals surface area contributed by atoms with Crippen LogP contribution in [0.15, 0.2) is 48.8 Å². The van der Waals surface area contributed by atoms with Gasteiger partial charge in [0.15, 0.2) is 0 Å². The number of carbonyl (C=O) groups excluding carboxylic acids is 1. The lowest BCUT2D eigenvalue weighted by Gasteiger charge is -2.15. The molecule has 1 amide bonds. The van der Waals surface area contributed by atoms with Crippen LogP contribution in [-0.4, -0.2) is 10.8 Å². The molecule has 0 saturated heterocycles. The van der Waals surface area contributed by atoms with Gasteiger partial charge in [-0.05, 0) is 30.7 Å². The third-order valence-corrected chi connectivity index (χ3v) is 2.38. The predicted octanol–water partition coefficient (Wildman–Crippen LogP) is 3.21. The Hall–Kier alpha value is -1.54. The Morgan fingerprint density at radius 1 is 1.13 bits per heavy atom. The third kappa shape index (κ3) is 2.28. The molecule has 3 heteroatoms. The molecule has 1 aliphatic rings. The predicted molar refractivity (Wildman–Crippen MR) is 60.5 cm³/mol. The fourth-order valence-electron chi connectivity index (χ4n) is 1.35. The second-order valence-corrected chi connectivity index (χ2v) is 3.66. The van der Waals surface area contributed by atoms with Crippen molar-refractivity contribution in [3.05, 3.63) is 59.4 Å². The SMILES string of the molecule is O=C(c1ccc(Cl)cc1)N1C=CCC=C1. The highest BCUT2D eigenvalue weighted by atomic mass is 35.5. The summed E-state index contributed by atoms with van der Waals surface area (Å²) in [6.45, 7) is 0. The van der Waals surface area contributed by atoms with E-state index in [2.05, 4.69) is 0 Å². The highest BCUT2D eigenvalue weighted by Crippen LogP contribution is 2.13. The summed E-state index contributed by atoms with van der Waals surface area (Å²) < 4.78 is 0. The number of benzene rings is 1. The zero-order chi connectivity index (χ0) is 10.7. The lowest BCUT2D eigenvalue weighted by molar-refractivity contribution is 0.0868. The number of allylic oxidation sites excluding steroid dienone is 2. The third-order valence-electron chi connectivity index (χ3n) is 2.13. The monoisotopic (exact) mass is 219 g/mol. The van der Waals surface area contributed by atoms with Crippen molar-refractivity contribution in [2.45, 2.75) is 6.42 Å². The molecule has 0 unspecified atom stereocenters. The van der Waals surface area contributed by atoms with E-state index in [1.54, 1.807) is 41.6 Å². The van der Waals surface area contributed by atoms with E-state index < -0.39 is 0 Å². The van der Waals surface area contributed by atoms with Crippen molar-refractivity contribution in [2.75, 3.05) is 0 Å². The second kappa shape index (κ2) is 4.32. The van der Waals surface area contributed by atoms with Gasteiger partial charge in [-0.25, -0.2) is 0 Å². The molecule has 0 fully saturated rings. The number of rotatable bonds is 1. The molecule has 2 rings (SSSR count). The average Bonchev–Trinajstić information content (AvgIpc) is 2.30. The number of hydrogen-bond donors (Lipinski definition) is 0. The Labute approximate surface area is 93.5 Å². The van der Waals surface area contributed by atoms with E-state index in [0.717, 1.165) is 6.42 Å². The van der Waals surface area contributed by atoms with Crippen LogP contribution in [0.3, 0.4) is 0 Å². The number of carbonyl (C=O) groups is 1. The zero-order valence-corrected chi connectivity index (χ0v) is 8.82. The lowest BCUT2D eigenvalue weighted by atomic mass is 10.2. The van der Waals surface area contributed by atoms with Gasteiger partial charge in [0.25, 0.3) is 5.91 Å². The van der Waals surface area contributed by atoms with Crippen LogP contribution in [0.4, 0.5) is 0 Å². The highest BCUT2D eigenvalue weighted by molar-refractivity contribution is 6.30. The maximum absolute atomic E-state index is 11.9. The average molecular weight is 220 g/mol. The van der Waals surface area contributed by atoms with Crippen molar-refractivity contribution in [3.8, 4) is 0 Å². The van der Waals surface area contributed by atoms with Gasteiger partial charge in [-0.3, -0.25) is 9.69 Å². The maximum atomic E-state index is 11.9. The van der Waals surface area contributed by atoms with Crippen LogP contribution in [0, 0.1) is 0 Å². The Morgan fingerprint density at radius 2 is 1.73 bits per heavy atom. The summed E-state index contributed by atoms with van der Waals surface area (Å²) in [4.78, 5) is 13.5. The fourth-order valence-corrected chi connectivity index (χ4v) is 1.48. The van der Waals surface area contributed by atoms with Crippen molar-refractivity contribution in [1.82, 2.24) is 4.90 Å². The molecule has 76 valence electrons. The molecule has 2 nitrogen and oxygen atoms in total. The first-order valence-electron chi connectivity index (χ1n) is 4.69.